The fourth-order valence-electron chi connectivity index (χ4n) is 2.31. The van der Waals surface area contributed by atoms with Crippen LogP contribution in [-0.2, 0) is 4.74 Å². The van der Waals surface area contributed by atoms with Gasteiger partial charge in [0.1, 0.15) is 5.75 Å². The van der Waals surface area contributed by atoms with Crippen LogP contribution >= 0.6 is 0 Å². The summed E-state index contributed by atoms with van der Waals surface area (Å²) in [6, 6.07) is 8.31. The lowest BCUT2D eigenvalue weighted by atomic mass is 10.1. The van der Waals surface area contributed by atoms with Crippen molar-refractivity contribution in [2.75, 3.05) is 33.4 Å². The Labute approximate surface area is 127 Å². The fraction of sp³-hybridized carbons (Fsp3) is 0.562. The van der Waals surface area contributed by atoms with E-state index in [1.165, 1.54) is 12.7 Å². The number of hydrogen-bond donors (Lipinski definition) is 1. The lowest BCUT2D eigenvalue weighted by Crippen LogP contribution is -2.36. The van der Waals surface area contributed by atoms with Gasteiger partial charge < -0.3 is 14.8 Å². The average Bonchev–Trinajstić information content (AvgIpc) is 2.51. The van der Waals surface area contributed by atoms with E-state index in [-0.39, 0.29) is 6.04 Å². The van der Waals surface area contributed by atoms with Gasteiger partial charge in [0.05, 0.1) is 13.7 Å². The molecule has 1 unspecified atom stereocenters. The molecule has 1 atom stereocenters. The Morgan fingerprint density at radius 2 is 2.05 bits per heavy atom. The van der Waals surface area contributed by atoms with Gasteiger partial charge in [0.25, 0.3) is 0 Å². The molecule has 0 heterocycles. The normalized spacial score (nSPS) is 12.0. The molecule has 0 aliphatic heterocycles. The van der Waals surface area contributed by atoms with E-state index in [1.54, 1.807) is 0 Å². The maximum Gasteiger partial charge on any atom is 0.406 e. The zero-order chi connectivity index (χ0) is 15.7. The highest BCUT2D eigenvalue weighted by Crippen LogP contribution is 2.28. The van der Waals surface area contributed by atoms with E-state index in [4.69, 9.17) is 4.74 Å². The third-order valence-electron chi connectivity index (χ3n) is 3.48. The molecule has 1 aromatic rings. The van der Waals surface area contributed by atoms with Crippen molar-refractivity contribution in [3.63, 3.8) is 0 Å². The summed E-state index contributed by atoms with van der Waals surface area (Å²) < 4.78 is 10.3. The number of nitrogens with one attached hydrogen (secondary N) is 1. The number of carbonyl (C=O) groups is 1. The maximum atomic E-state index is 11.1. The molecule has 0 saturated carbocycles. The van der Waals surface area contributed by atoms with Gasteiger partial charge in [-0.15, -0.1) is 0 Å². The zero-order valence-corrected chi connectivity index (χ0v) is 13.4. The summed E-state index contributed by atoms with van der Waals surface area (Å²) in [4.78, 5) is 13.4. The second-order valence-electron chi connectivity index (χ2n) is 4.69. The molecule has 5 heteroatoms. The van der Waals surface area contributed by atoms with Crippen LogP contribution in [0.2, 0.25) is 0 Å². The van der Waals surface area contributed by atoms with Crippen molar-refractivity contribution in [2.45, 2.75) is 26.8 Å². The van der Waals surface area contributed by atoms with Crippen molar-refractivity contribution in [1.29, 1.82) is 0 Å². The van der Waals surface area contributed by atoms with Crippen molar-refractivity contribution in [3.8, 4) is 5.75 Å². The van der Waals surface area contributed by atoms with Crippen molar-refractivity contribution < 1.29 is 14.3 Å². The van der Waals surface area contributed by atoms with Crippen LogP contribution in [0.15, 0.2) is 24.3 Å². The second kappa shape index (κ2) is 9.23. The monoisotopic (exact) mass is 294 g/mol. The second-order valence-corrected chi connectivity index (χ2v) is 4.69. The highest BCUT2D eigenvalue weighted by atomic mass is 16.5. The third kappa shape index (κ3) is 5.27. The zero-order valence-electron chi connectivity index (χ0n) is 13.4. The van der Waals surface area contributed by atoms with Gasteiger partial charge in [-0.25, -0.2) is 4.79 Å². The van der Waals surface area contributed by atoms with Gasteiger partial charge in [-0.1, -0.05) is 25.1 Å². The molecular weight excluding hydrogens is 268 g/mol. The first-order chi connectivity index (χ1) is 10.1. The highest BCUT2D eigenvalue weighted by molar-refractivity contribution is 5.66. The number of para-hydroxylation sites is 1. The van der Waals surface area contributed by atoms with Gasteiger partial charge in [-0.3, -0.25) is 4.90 Å². The van der Waals surface area contributed by atoms with Crippen LogP contribution in [-0.4, -0.2) is 44.3 Å². The molecule has 1 N–H and O–H groups in total. The van der Waals surface area contributed by atoms with E-state index in [0.29, 0.717) is 13.2 Å². The Bertz CT molecular complexity index is 437. The summed E-state index contributed by atoms with van der Waals surface area (Å²) in [5.74, 6) is 0.923. The van der Waals surface area contributed by atoms with Crippen LogP contribution in [0.3, 0.4) is 0 Å². The molecule has 118 valence electrons. The average molecular weight is 294 g/mol. The summed E-state index contributed by atoms with van der Waals surface area (Å²) in [6.07, 6.45) is -0.395. The summed E-state index contributed by atoms with van der Waals surface area (Å²) in [5, 5.41) is 2.71. The Kier molecular flexibility index (Phi) is 7.61. The van der Waals surface area contributed by atoms with Crippen molar-refractivity contribution >= 4 is 6.09 Å². The minimum absolute atomic E-state index is 0.220. The summed E-state index contributed by atoms with van der Waals surface area (Å²) in [6.45, 7) is 9.11. The molecule has 0 radical (unpaired) electrons. The predicted molar refractivity (Wildman–Crippen MR) is 83.7 cm³/mol. The molecule has 0 bridgehead atoms. The number of alkyl carbamates (subject to hydrolysis) is 1. The van der Waals surface area contributed by atoms with Crippen LogP contribution in [0.1, 0.15) is 32.4 Å². The SMILES string of the molecule is CCOc1ccccc1C(C)N(CC)CCNC(=O)OC. The number of nitrogens with zero attached hydrogens (tertiary/aromatic N) is 1. The Hall–Kier alpha value is -1.75. The third-order valence-corrected chi connectivity index (χ3v) is 3.48. The maximum absolute atomic E-state index is 11.1. The molecule has 21 heavy (non-hydrogen) atoms. The van der Waals surface area contributed by atoms with E-state index in [1.807, 2.05) is 25.1 Å². The minimum atomic E-state index is -0.395. The molecule has 1 amide bonds. The first-order valence-electron chi connectivity index (χ1n) is 7.41. The first kappa shape index (κ1) is 17.3. The van der Waals surface area contributed by atoms with Gasteiger partial charge in [0.2, 0.25) is 0 Å². The number of hydrogen-bond acceptors (Lipinski definition) is 4. The molecule has 0 saturated heterocycles. The number of rotatable bonds is 8. The van der Waals surface area contributed by atoms with Gasteiger partial charge in [-0.2, -0.15) is 0 Å². The molecule has 0 spiro atoms. The molecular formula is C16H26N2O3. The molecule has 0 aromatic heterocycles. The van der Waals surface area contributed by atoms with Crippen LogP contribution in [0.4, 0.5) is 4.79 Å². The fourth-order valence-corrected chi connectivity index (χ4v) is 2.31. The van der Waals surface area contributed by atoms with Crippen molar-refractivity contribution in [3.05, 3.63) is 29.8 Å². The molecule has 1 rings (SSSR count). The number of methoxy groups -OCH3 is 1. The van der Waals surface area contributed by atoms with Crippen LogP contribution in [0.25, 0.3) is 0 Å². The quantitative estimate of drug-likeness (QED) is 0.801. The van der Waals surface area contributed by atoms with E-state index >= 15 is 0 Å². The van der Waals surface area contributed by atoms with Gasteiger partial charge in [0, 0.05) is 24.7 Å². The molecule has 1 aromatic carbocycles. The Morgan fingerprint density at radius 3 is 2.67 bits per heavy atom. The highest BCUT2D eigenvalue weighted by Gasteiger charge is 2.17. The topological polar surface area (TPSA) is 50.8 Å². The molecule has 0 aliphatic rings. The van der Waals surface area contributed by atoms with E-state index < -0.39 is 6.09 Å². The number of carbonyl (C=O) groups excluding carboxylic acids is 1. The number of amides is 1. The summed E-state index contributed by atoms with van der Waals surface area (Å²) >= 11 is 0. The summed E-state index contributed by atoms with van der Waals surface area (Å²) in [5.41, 5.74) is 1.17. The molecule has 0 aliphatic carbocycles. The van der Waals surface area contributed by atoms with E-state index in [9.17, 15) is 4.79 Å². The lowest BCUT2D eigenvalue weighted by molar-refractivity contribution is 0.165. The molecule has 5 nitrogen and oxygen atoms in total. The lowest BCUT2D eigenvalue weighted by Gasteiger charge is -2.29. The number of likely N-dealkylation sites (N-methyl/N-ethyl adjacent to an activating group) is 1. The van der Waals surface area contributed by atoms with Crippen LogP contribution in [0, 0.1) is 0 Å². The Balaban J connectivity index is 2.69. The number of benzene rings is 1. The van der Waals surface area contributed by atoms with Crippen LogP contribution < -0.4 is 10.1 Å². The Morgan fingerprint density at radius 1 is 1.33 bits per heavy atom. The largest absolute Gasteiger partial charge is 0.494 e. The van der Waals surface area contributed by atoms with E-state index in [0.717, 1.165) is 18.8 Å². The summed E-state index contributed by atoms with van der Waals surface area (Å²) in [7, 11) is 1.37. The number of ether oxygens (including phenoxy) is 2. The van der Waals surface area contributed by atoms with Gasteiger partial charge >= 0.3 is 6.09 Å². The van der Waals surface area contributed by atoms with Crippen molar-refractivity contribution in [2.24, 2.45) is 0 Å². The standard InChI is InChI=1S/C16H26N2O3/c1-5-18(12-11-17-16(19)20-4)13(3)14-9-7-8-10-15(14)21-6-2/h7-10,13H,5-6,11-12H2,1-4H3,(H,17,19). The first-order valence-corrected chi connectivity index (χ1v) is 7.41. The van der Waals surface area contributed by atoms with E-state index in [2.05, 4.69) is 34.9 Å². The van der Waals surface area contributed by atoms with Gasteiger partial charge in [0.15, 0.2) is 0 Å². The van der Waals surface area contributed by atoms with Crippen LogP contribution in [0.5, 0.6) is 5.75 Å². The molecule has 0 fully saturated rings. The van der Waals surface area contributed by atoms with Crippen molar-refractivity contribution in [1.82, 2.24) is 10.2 Å². The smallest absolute Gasteiger partial charge is 0.406 e. The minimum Gasteiger partial charge on any atom is -0.494 e. The predicted octanol–water partition coefficient (Wildman–Crippen LogP) is 2.82. The van der Waals surface area contributed by atoms with Gasteiger partial charge in [-0.05, 0) is 26.5 Å².